The molecule has 1 aromatic carbocycles. The van der Waals surface area contributed by atoms with Crippen molar-refractivity contribution in [2.24, 2.45) is 5.92 Å². The third-order valence-corrected chi connectivity index (χ3v) is 3.21. The standard InChI is InChI=1S/C16H24N2/c1-4-9-17-11-14-6-5-7-16-15(14)8-10-18(16)12-13(2)3/h5-8,10,13,17H,4,9,11-12H2,1-3H3. The smallest absolute Gasteiger partial charge is 0.0483 e. The van der Waals surface area contributed by atoms with E-state index in [1.807, 2.05) is 0 Å². The maximum atomic E-state index is 3.48. The van der Waals surface area contributed by atoms with Gasteiger partial charge in [0.15, 0.2) is 0 Å². The lowest BCUT2D eigenvalue weighted by molar-refractivity contribution is 0.535. The minimum absolute atomic E-state index is 0.683. The first kappa shape index (κ1) is 13.2. The quantitative estimate of drug-likeness (QED) is 0.765. The fourth-order valence-electron chi connectivity index (χ4n) is 2.39. The maximum Gasteiger partial charge on any atom is 0.0483 e. The summed E-state index contributed by atoms with van der Waals surface area (Å²) in [4.78, 5) is 0. The van der Waals surface area contributed by atoms with Crippen molar-refractivity contribution < 1.29 is 0 Å². The molecule has 0 saturated heterocycles. The van der Waals surface area contributed by atoms with Gasteiger partial charge in [0.1, 0.15) is 0 Å². The van der Waals surface area contributed by atoms with Crippen LogP contribution < -0.4 is 5.32 Å². The van der Waals surface area contributed by atoms with Gasteiger partial charge >= 0.3 is 0 Å². The highest BCUT2D eigenvalue weighted by Gasteiger charge is 2.06. The maximum absolute atomic E-state index is 3.48. The van der Waals surface area contributed by atoms with E-state index in [4.69, 9.17) is 0 Å². The molecule has 0 atom stereocenters. The van der Waals surface area contributed by atoms with Crippen LogP contribution in [-0.4, -0.2) is 11.1 Å². The topological polar surface area (TPSA) is 17.0 Å². The zero-order valence-corrected chi connectivity index (χ0v) is 11.7. The van der Waals surface area contributed by atoms with Gasteiger partial charge in [-0.3, -0.25) is 0 Å². The summed E-state index contributed by atoms with van der Waals surface area (Å²) in [6.45, 7) is 9.87. The zero-order valence-electron chi connectivity index (χ0n) is 11.7. The highest BCUT2D eigenvalue weighted by atomic mass is 15.0. The van der Waals surface area contributed by atoms with Crippen LogP contribution in [0.5, 0.6) is 0 Å². The molecule has 2 rings (SSSR count). The summed E-state index contributed by atoms with van der Waals surface area (Å²) in [5.41, 5.74) is 2.77. The Morgan fingerprint density at radius 1 is 1.22 bits per heavy atom. The van der Waals surface area contributed by atoms with Crippen molar-refractivity contribution in [1.82, 2.24) is 9.88 Å². The molecular formula is C16H24N2. The van der Waals surface area contributed by atoms with Crippen LogP contribution in [0.25, 0.3) is 10.9 Å². The van der Waals surface area contributed by atoms with Gasteiger partial charge in [-0.05, 0) is 36.6 Å². The number of fused-ring (bicyclic) bond motifs is 1. The van der Waals surface area contributed by atoms with Crippen LogP contribution in [-0.2, 0) is 13.1 Å². The first-order valence-electron chi connectivity index (χ1n) is 6.99. The zero-order chi connectivity index (χ0) is 13.0. The summed E-state index contributed by atoms with van der Waals surface area (Å²) in [7, 11) is 0. The first-order chi connectivity index (χ1) is 8.72. The monoisotopic (exact) mass is 244 g/mol. The number of nitrogens with one attached hydrogen (secondary N) is 1. The summed E-state index contributed by atoms with van der Waals surface area (Å²) in [6.07, 6.45) is 3.40. The molecule has 0 spiro atoms. The Kier molecular flexibility index (Phi) is 4.43. The van der Waals surface area contributed by atoms with Gasteiger partial charge in [-0.25, -0.2) is 0 Å². The summed E-state index contributed by atoms with van der Waals surface area (Å²) < 4.78 is 2.36. The molecule has 18 heavy (non-hydrogen) atoms. The van der Waals surface area contributed by atoms with Crippen LogP contribution in [0.15, 0.2) is 30.5 Å². The van der Waals surface area contributed by atoms with E-state index in [0.29, 0.717) is 5.92 Å². The van der Waals surface area contributed by atoms with Crippen molar-refractivity contribution in [1.29, 1.82) is 0 Å². The minimum atomic E-state index is 0.683. The van der Waals surface area contributed by atoms with Gasteiger partial charge in [-0.1, -0.05) is 32.9 Å². The van der Waals surface area contributed by atoms with Crippen LogP contribution in [0.1, 0.15) is 32.8 Å². The van der Waals surface area contributed by atoms with Crippen molar-refractivity contribution in [3.05, 3.63) is 36.0 Å². The Balaban J connectivity index is 2.24. The van der Waals surface area contributed by atoms with Gasteiger partial charge in [0.05, 0.1) is 0 Å². The lowest BCUT2D eigenvalue weighted by Crippen LogP contribution is -2.13. The molecule has 1 aromatic heterocycles. The van der Waals surface area contributed by atoms with Gasteiger partial charge in [0, 0.05) is 30.2 Å². The molecule has 1 heterocycles. The molecule has 0 radical (unpaired) electrons. The van der Waals surface area contributed by atoms with E-state index in [1.54, 1.807) is 0 Å². The Hall–Kier alpha value is -1.28. The van der Waals surface area contributed by atoms with E-state index < -0.39 is 0 Å². The predicted octanol–water partition coefficient (Wildman–Crippen LogP) is 3.80. The average molecular weight is 244 g/mol. The third-order valence-electron chi connectivity index (χ3n) is 3.21. The van der Waals surface area contributed by atoms with Crippen LogP contribution in [0.2, 0.25) is 0 Å². The molecular weight excluding hydrogens is 220 g/mol. The van der Waals surface area contributed by atoms with Crippen molar-refractivity contribution >= 4 is 10.9 Å². The Morgan fingerprint density at radius 2 is 2.06 bits per heavy atom. The average Bonchev–Trinajstić information content (AvgIpc) is 2.73. The molecule has 2 aromatic rings. The molecule has 0 aliphatic heterocycles. The van der Waals surface area contributed by atoms with Crippen molar-refractivity contribution in [2.75, 3.05) is 6.54 Å². The molecule has 1 N–H and O–H groups in total. The molecule has 0 saturated carbocycles. The lowest BCUT2D eigenvalue weighted by Gasteiger charge is -2.10. The Morgan fingerprint density at radius 3 is 2.78 bits per heavy atom. The molecule has 0 aliphatic carbocycles. The van der Waals surface area contributed by atoms with E-state index in [1.165, 1.54) is 22.9 Å². The minimum Gasteiger partial charge on any atom is -0.347 e. The molecule has 2 nitrogen and oxygen atoms in total. The number of hydrogen-bond acceptors (Lipinski definition) is 1. The molecule has 98 valence electrons. The third kappa shape index (κ3) is 2.94. The van der Waals surface area contributed by atoms with E-state index >= 15 is 0 Å². The van der Waals surface area contributed by atoms with E-state index in [0.717, 1.165) is 19.6 Å². The molecule has 0 amide bonds. The van der Waals surface area contributed by atoms with Gasteiger partial charge < -0.3 is 9.88 Å². The highest BCUT2D eigenvalue weighted by Crippen LogP contribution is 2.21. The Labute approximate surface area is 110 Å². The summed E-state index contributed by atoms with van der Waals surface area (Å²) >= 11 is 0. The molecule has 2 heteroatoms. The van der Waals surface area contributed by atoms with Crippen LogP contribution >= 0.6 is 0 Å². The van der Waals surface area contributed by atoms with Gasteiger partial charge in [0.25, 0.3) is 0 Å². The number of rotatable bonds is 6. The fraction of sp³-hybridized carbons (Fsp3) is 0.500. The first-order valence-corrected chi connectivity index (χ1v) is 6.99. The SMILES string of the molecule is CCCNCc1cccc2c1ccn2CC(C)C. The van der Waals surface area contributed by atoms with Crippen molar-refractivity contribution in [2.45, 2.75) is 40.3 Å². The predicted molar refractivity (Wildman–Crippen MR) is 78.8 cm³/mol. The second kappa shape index (κ2) is 6.05. The summed E-state index contributed by atoms with van der Waals surface area (Å²) in [5, 5.41) is 4.87. The lowest BCUT2D eigenvalue weighted by atomic mass is 10.1. The van der Waals surface area contributed by atoms with Crippen molar-refractivity contribution in [3.8, 4) is 0 Å². The van der Waals surface area contributed by atoms with Crippen LogP contribution in [0.3, 0.4) is 0 Å². The van der Waals surface area contributed by atoms with Crippen LogP contribution in [0.4, 0.5) is 0 Å². The largest absolute Gasteiger partial charge is 0.347 e. The van der Waals surface area contributed by atoms with Gasteiger partial charge in [-0.15, -0.1) is 0 Å². The fourth-order valence-corrected chi connectivity index (χ4v) is 2.39. The second-order valence-electron chi connectivity index (χ2n) is 5.39. The number of nitrogens with zero attached hydrogens (tertiary/aromatic N) is 1. The normalized spacial score (nSPS) is 11.6. The molecule has 0 fully saturated rings. The number of aromatic nitrogens is 1. The number of benzene rings is 1. The van der Waals surface area contributed by atoms with Gasteiger partial charge in [0.2, 0.25) is 0 Å². The number of hydrogen-bond donors (Lipinski definition) is 1. The molecule has 0 bridgehead atoms. The molecule has 0 unspecified atom stereocenters. The van der Waals surface area contributed by atoms with Crippen molar-refractivity contribution in [3.63, 3.8) is 0 Å². The van der Waals surface area contributed by atoms with E-state index in [9.17, 15) is 0 Å². The molecule has 0 aliphatic rings. The highest BCUT2D eigenvalue weighted by molar-refractivity contribution is 5.83. The van der Waals surface area contributed by atoms with Crippen LogP contribution in [0, 0.1) is 5.92 Å². The summed E-state index contributed by atoms with van der Waals surface area (Å²) in [5.74, 6) is 0.683. The Bertz CT molecular complexity index is 497. The second-order valence-corrected chi connectivity index (χ2v) is 5.39. The van der Waals surface area contributed by atoms with Gasteiger partial charge in [-0.2, -0.15) is 0 Å². The van der Waals surface area contributed by atoms with E-state index in [2.05, 4.69) is 61.1 Å². The summed E-state index contributed by atoms with van der Waals surface area (Å²) in [6, 6.07) is 8.87. The van der Waals surface area contributed by atoms with E-state index in [-0.39, 0.29) is 0 Å².